The molecule has 16 rings (SSSR count). The third kappa shape index (κ3) is 6.52. The molecule has 354 valence electrons. The van der Waals surface area contributed by atoms with Gasteiger partial charge in [0.2, 0.25) is 0 Å². The van der Waals surface area contributed by atoms with Crippen LogP contribution in [0.4, 0.5) is 0 Å². The van der Waals surface area contributed by atoms with Gasteiger partial charge in [-0.1, -0.05) is 170 Å². The largest absolute Gasteiger partial charge is 0.456 e. The lowest BCUT2D eigenvalue weighted by Crippen LogP contribution is -2.00. The third-order valence-corrected chi connectivity index (χ3v) is 15.2. The van der Waals surface area contributed by atoms with Crippen LogP contribution in [0, 0.1) is 0 Å². The topological polar surface area (TPSA) is 74.8 Å². The van der Waals surface area contributed by atoms with Gasteiger partial charge < -0.3 is 18.0 Å². The highest BCUT2D eigenvalue weighted by Gasteiger charge is 2.23. The number of para-hydroxylation sites is 4. The highest BCUT2D eigenvalue weighted by Crippen LogP contribution is 2.44. The molecule has 0 aliphatic heterocycles. The minimum Gasteiger partial charge on any atom is -0.456 e. The Balaban J connectivity index is 0.881. The summed E-state index contributed by atoms with van der Waals surface area (Å²) in [5, 5.41) is 8.81. The van der Waals surface area contributed by atoms with Gasteiger partial charge in [-0.15, -0.1) is 0 Å². The first-order valence-corrected chi connectivity index (χ1v) is 25.6. The molecule has 0 aliphatic carbocycles. The van der Waals surface area contributed by atoms with Crippen LogP contribution in [-0.2, 0) is 0 Å². The summed E-state index contributed by atoms with van der Waals surface area (Å²) in [6.07, 6.45) is 0. The maximum Gasteiger partial charge on any atom is 0.164 e. The molecule has 11 aromatic carbocycles. The van der Waals surface area contributed by atoms with Gasteiger partial charge in [0.1, 0.15) is 22.3 Å². The molecule has 7 nitrogen and oxygen atoms in total. The van der Waals surface area contributed by atoms with Gasteiger partial charge in [-0.25, -0.2) is 15.0 Å². The van der Waals surface area contributed by atoms with E-state index in [1.165, 1.54) is 32.6 Å². The van der Waals surface area contributed by atoms with Crippen molar-refractivity contribution >= 4 is 87.5 Å². The van der Waals surface area contributed by atoms with Crippen LogP contribution in [0.2, 0.25) is 0 Å². The molecule has 0 amide bonds. The van der Waals surface area contributed by atoms with E-state index in [4.69, 9.17) is 23.8 Å². The molecule has 0 unspecified atom stereocenters. The van der Waals surface area contributed by atoms with Crippen LogP contribution in [0.25, 0.3) is 155 Å². The van der Waals surface area contributed by atoms with Gasteiger partial charge in [0.15, 0.2) is 17.5 Å². The Bertz CT molecular complexity index is 4970. The van der Waals surface area contributed by atoms with Crippen LogP contribution in [0.1, 0.15) is 0 Å². The lowest BCUT2D eigenvalue weighted by atomic mass is 9.99. The van der Waals surface area contributed by atoms with E-state index in [1.54, 1.807) is 0 Å². The second-order valence-corrected chi connectivity index (χ2v) is 19.5. The fourth-order valence-electron chi connectivity index (χ4n) is 11.7. The summed E-state index contributed by atoms with van der Waals surface area (Å²) >= 11 is 0. The van der Waals surface area contributed by atoms with Gasteiger partial charge in [0.25, 0.3) is 0 Å². The highest BCUT2D eigenvalue weighted by molar-refractivity contribution is 6.24. The van der Waals surface area contributed by atoms with Gasteiger partial charge in [0, 0.05) is 71.2 Å². The number of furan rings is 2. The molecule has 7 heteroatoms. The minimum atomic E-state index is 0.546. The molecule has 0 saturated carbocycles. The quantitative estimate of drug-likeness (QED) is 0.159. The number of benzene rings is 11. The van der Waals surface area contributed by atoms with Crippen LogP contribution in [0.15, 0.2) is 258 Å². The van der Waals surface area contributed by atoms with Gasteiger partial charge in [0.05, 0.1) is 22.1 Å². The van der Waals surface area contributed by atoms with Gasteiger partial charge in [-0.05, 0) is 101 Å². The van der Waals surface area contributed by atoms with E-state index in [9.17, 15) is 0 Å². The molecule has 0 bridgehead atoms. The van der Waals surface area contributed by atoms with Crippen LogP contribution < -0.4 is 0 Å². The molecule has 0 aliphatic rings. The van der Waals surface area contributed by atoms with Crippen LogP contribution in [0.5, 0.6) is 0 Å². The van der Waals surface area contributed by atoms with E-state index in [0.29, 0.717) is 17.5 Å². The van der Waals surface area contributed by atoms with Gasteiger partial charge in [-0.3, -0.25) is 0 Å². The Morgan fingerprint density at radius 2 is 0.750 bits per heavy atom. The number of rotatable bonds is 7. The summed E-state index contributed by atoms with van der Waals surface area (Å²) in [7, 11) is 0. The second kappa shape index (κ2) is 16.6. The van der Waals surface area contributed by atoms with Crippen LogP contribution >= 0.6 is 0 Å². The van der Waals surface area contributed by atoms with Crippen LogP contribution in [0.3, 0.4) is 0 Å². The molecule has 0 radical (unpaired) electrons. The van der Waals surface area contributed by atoms with E-state index in [0.717, 1.165) is 105 Å². The molecule has 5 heterocycles. The Labute approximate surface area is 434 Å². The normalized spacial score (nSPS) is 11.9. The lowest BCUT2D eigenvalue weighted by molar-refractivity contribution is 0.668. The van der Waals surface area contributed by atoms with Crippen molar-refractivity contribution in [1.29, 1.82) is 0 Å². The first kappa shape index (κ1) is 42.2. The maximum atomic E-state index is 6.67. The van der Waals surface area contributed by atoms with Crippen molar-refractivity contribution in [3.8, 4) is 67.8 Å². The Morgan fingerprint density at radius 1 is 0.263 bits per heavy atom. The summed E-state index contributed by atoms with van der Waals surface area (Å²) in [6.45, 7) is 0. The molecular weight excluding hydrogens is 931 g/mol. The second-order valence-electron chi connectivity index (χ2n) is 19.5. The maximum absolute atomic E-state index is 6.67. The smallest absolute Gasteiger partial charge is 0.164 e. The average Bonchev–Trinajstić information content (AvgIpc) is 4.31. The van der Waals surface area contributed by atoms with Crippen molar-refractivity contribution in [2.75, 3.05) is 0 Å². The monoisotopic (exact) mass is 971 g/mol. The molecule has 0 atom stereocenters. The molecule has 0 fully saturated rings. The lowest BCUT2D eigenvalue weighted by Gasteiger charge is -2.12. The van der Waals surface area contributed by atoms with E-state index in [-0.39, 0.29) is 0 Å². The van der Waals surface area contributed by atoms with E-state index in [2.05, 4.69) is 215 Å². The number of aromatic nitrogens is 5. The minimum absolute atomic E-state index is 0.546. The fraction of sp³-hybridized carbons (Fsp3) is 0. The summed E-state index contributed by atoms with van der Waals surface area (Å²) in [6, 6.07) is 87.5. The summed E-state index contributed by atoms with van der Waals surface area (Å²) in [5.41, 5.74) is 17.0. The Hall–Kier alpha value is -10.4. The van der Waals surface area contributed by atoms with Crippen molar-refractivity contribution in [3.05, 3.63) is 249 Å². The van der Waals surface area contributed by atoms with Crippen LogP contribution in [-0.4, -0.2) is 24.1 Å². The highest BCUT2D eigenvalue weighted by atomic mass is 16.3. The predicted octanol–water partition coefficient (Wildman–Crippen LogP) is 18.2. The third-order valence-electron chi connectivity index (χ3n) is 15.2. The molecule has 0 N–H and O–H groups in total. The summed E-state index contributed by atoms with van der Waals surface area (Å²) in [4.78, 5) is 15.7. The number of hydrogen-bond donors (Lipinski definition) is 0. The molecule has 5 aromatic heterocycles. The first-order chi connectivity index (χ1) is 37.7. The van der Waals surface area contributed by atoms with Crippen molar-refractivity contribution in [2.45, 2.75) is 0 Å². The van der Waals surface area contributed by atoms with Crippen molar-refractivity contribution in [2.24, 2.45) is 0 Å². The van der Waals surface area contributed by atoms with E-state index >= 15 is 0 Å². The zero-order valence-electron chi connectivity index (χ0n) is 40.7. The molecule has 16 aromatic rings. The Kier molecular flexibility index (Phi) is 9.20. The van der Waals surface area contributed by atoms with E-state index in [1.807, 2.05) is 42.5 Å². The van der Waals surface area contributed by atoms with Crippen molar-refractivity contribution < 1.29 is 8.83 Å². The molecule has 76 heavy (non-hydrogen) atoms. The predicted molar refractivity (Wildman–Crippen MR) is 310 cm³/mol. The van der Waals surface area contributed by atoms with Gasteiger partial charge in [-0.2, -0.15) is 0 Å². The summed E-state index contributed by atoms with van der Waals surface area (Å²) < 4.78 is 17.9. The first-order valence-electron chi connectivity index (χ1n) is 25.6. The van der Waals surface area contributed by atoms with E-state index < -0.39 is 0 Å². The summed E-state index contributed by atoms with van der Waals surface area (Å²) in [5.74, 6) is 1.66. The molecule has 0 spiro atoms. The molecular formula is C69H41N5O2. The Morgan fingerprint density at radius 3 is 1.50 bits per heavy atom. The number of nitrogens with zero attached hydrogens (tertiary/aromatic N) is 5. The zero-order valence-corrected chi connectivity index (χ0v) is 40.7. The number of fused-ring (bicyclic) bond motifs is 13. The molecule has 0 saturated heterocycles. The average molecular weight is 972 g/mol. The van der Waals surface area contributed by atoms with Gasteiger partial charge >= 0.3 is 0 Å². The zero-order chi connectivity index (χ0) is 49.8. The SMILES string of the molecule is c1ccc(-c2ccc(-c3nc(-c4ccc5c(c4)oc4ccccc45)nc(-c4cccc5oc6ccc(-c7ccc8c(c7)c7ccc9c%10ccccc%10n(-c%10ccccc%10)c9c7n8-c7ccccc7)cc6c45)n3)cc2)cc1. The van der Waals surface area contributed by atoms with Crippen molar-refractivity contribution in [1.82, 2.24) is 24.1 Å². The standard InChI is InChI=1S/C69H41N5O2/c1-4-15-42(16-5-1)43-27-29-44(30-28-43)67-70-68(47-31-34-52-51-22-11-13-25-60(51)76-63(52)41-47)72-69(71-67)55-23-14-26-62-64(55)57-40-46(33-38-61(57)75-62)45-32-37-59-56(39-45)54-36-35-53-50-21-10-12-24-58(50)73(48-17-6-2-7-18-48)65(53)66(54)74(59)49-19-8-3-9-20-49/h1-41H. The fourth-order valence-corrected chi connectivity index (χ4v) is 11.7. The van der Waals surface area contributed by atoms with Crippen molar-refractivity contribution in [3.63, 3.8) is 0 Å². The number of hydrogen-bond acceptors (Lipinski definition) is 5.